The van der Waals surface area contributed by atoms with Crippen molar-refractivity contribution in [3.63, 3.8) is 0 Å². The summed E-state index contributed by atoms with van der Waals surface area (Å²) in [6.45, 7) is 8.34. The van der Waals surface area contributed by atoms with Crippen molar-refractivity contribution in [2.45, 2.75) is 63.2 Å². The molecule has 0 aliphatic heterocycles. The summed E-state index contributed by atoms with van der Waals surface area (Å²) in [4.78, 5) is 30.9. The zero-order chi connectivity index (χ0) is 31.4. The number of fused-ring (bicyclic) bond motifs is 2. The van der Waals surface area contributed by atoms with Crippen LogP contribution in [-0.2, 0) is 0 Å². The van der Waals surface area contributed by atoms with Gasteiger partial charge in [0.05, 0.1) is 39.3 Å². The van der Waals surface area contributed by atoms with Gasteiger partial charge in [-0.25, -0.2) is 0 Å². The minimum Gasteiger partial charge on any atom is -0.398 e. The van der Waals surface area contributed by atoms with Crippen molar-refractivity contribution < 1.29 is 9.59 Å². The van der Waals surface area contributed by atoms with Crippen molar-refractivity contribution in [1.29, 1.82) is 0 Å². The molecule has 0 aromatic heterocycles. The fourth-order valence-corrected chi connectivity index (χ4v) is 7.50. The summed E-state index contributed by atoms with van der Waals surface area (Å²) in [5.41, 5.74) is 20.1. The van der Waals surface area contributed by atoms with Gasteiger partial charge in [0.1, 0.15) is 0 Å². The van der Waals surface area contributed by atoms with Crippen LogP contribution in [0, 0.1) is 13.8 Å². The lowest BCUT2D eigenvalue weighted by molar-refractivity contribution is 0.0981. The highest BCUT2D eigenvalue weighted by atomic mass is 32.2. The fraction of sp³-hybridized carbons (Fsp3) is 0.278. The fourth-order valence-electron chi connectivity index (χ4n) is 5.23. The number of unbranched alkanes of at least 4 members (excludes halogenated alkanes) is 2. The van der Waals surface area contributed by atoms with Crippen LogP contribution in [0.1, 0.15) is 82.5 Å². The Kier molecular flexibility index (Phi) is 9.91. The molecular weight excluding hydrogens is 585 g/mol. The van der Waals surface area contributed by atoms with E-state index in [0.717, 1.165) is 69.5 Å². The summed E-state index contributed by atoms with van der Waals surface area (Å²) in [6, 6.07) is 19.6. The molecule has 8 heteroatoms. The van der Waals surface area contributed by atoms with Crippen molar-refractivity contribution >= 4 is 69.2 Å². The van der Waals surface area contributed by atoms with E-state index in [1.54, 1.807) is 23.5 Å². The van der Waals surface area contributed by atoms with Gasteiger partial charge in [-0.3, -0.25) is 9.59 Å². The number of nitrogens with two attached hydrogens (primary N) is 2. The number of nitrogens with one attached hydrogen (secondary N) is 2. The van der Waals surface area contributed by atoms with Gasteiger partial charge in [0, 0.05) is 26.9 Å². The van der Waals surface area contributed by atoms with Gasteiger partial charge in [-0.2, -0.15) is 0 Å². The molecule has 6 N–H and O–H groups in total. The predicted molar refractivity (Wildman–Crippen MR) is 189 cm³/mol. The van der Waals surface area contributed by atoms with E-state index in [4.69, 9.17) is 11.5 Å². The lowest BCUT2D eigenvalue weighted by atomic mass is 9.80. The van der Waals surface area contributed by atoms with Crippen LogP contribution in [0.2, 0.25) is 0 Å². The van der Waals surface area contributed by atoms with Gasteiger partial charge in [-0.1, -0.05) is 62.1 Å². The molecule has 0 saturated heterocycles. The van der Waals surface area contributed by atoms with Gasteiger partial charge in [-0.15, -0.1) is 23.5 Å². The molecule has 0 amide bonds. The third-order valence-corrected chi connectivity index (χ3v) is 9.99. The molecule has 6 nitrogen and oxygen atoms in total. The highest BCUT2D eigenvalue weighted by Crippen LogP contribution is 2.47. The Morgan fingerprint density at radius 3 is 1.73 bits per heavy atom. The lowest BCUT2D eigenvalue weighted by Gasteiger charge is -2.28. The molecule has 0 unspecified atom stereocenters. The van der Waals surface area contributed by atoms with Crippen LogP contribution in [0.25, 0.3) is 0 Å². The number of hydrogen-bond donors (Lipinski definition) is 4. The van der Waals surface area contributed by atoms with Crippen molar-refractivity contribution in [3.8, 4) is 0 Å². The summed E-state index contributed by atoms with van der Waals surface area (Å²) >= 11 is 3.25. The van der Waals surface area contributed by atoms with Crippen LogP contribution < -0.4 is 22.1 Å². The van der Waals surface area contributed by atoms with Gasteiger partial charge in [0.25, 0.3) is 0 Å². The number of rotatable bonds is 12. The number of benzene rings is 4. The largest absolute Gasteiger partial charge is 0.398 e. The maximum absolute atomic E-state index is 14.7. The van der Waals surface area contributed by atoms with Crippen LogP contribution in [0.5, 0.6) is 0 Å². The second-order valence-electron chi connectivity index (χ2n) is 11.2. The molecule has 0 fully saturated rings. The number of hydrogen-bond acceptors (Lipinski definition) is 8. The number of anilines is 6. The van der Waals surface area contributed by atoms with Crippen molar-refractivity contribution in [2.75, 3.05) is 33.6 Å². The third-order valence-electron chi connectivity index (χ3n) is 7.72. The van der Waals surface area contributed by atoms with E-state index in [-0.39, 0.29) is 33.8 Å². The smallest absolute Gasteiger partial charge is 0.198 e. The minimum absolute atomic E-state index is 0.217. The number of carbonyl (C=O) groups is 2. The molecule has 0 heterocycles. The first-order chi connectivity index (χ1) is 21.2. The molecule has 4 aromatic carbocycles. The molecule has 44 heavy (non-hydrogen) atoms. The zero-order valence-corrected chi connectivity index (χ0v) is 27.4. The maximum atomic E-state index is 14.7. The standard InChI is InChI=1S/C36H40N4O2S2/c1-5-7-17-43-27-20-26(39-23-13-9-21(3)10-14-23)30-31(33(27)38)36(42)32-29(35(30)41)25(37)19-28(44-18-8-6-2)34(32)40-24-15-11-22(4)12-16-24/h9-16,19-20,39-40H,5-8,17-18,37-38H2,1-4H3. The summed E-state index contributed by atoms with van der Waals surface area (Å²) in [7, 11) is 0. The molecule has 0 radical (unpaired) electrons. The Morgan fingerprint density at radius 1 is 0.636 bits per heavy atom. The first kappa shape index (κ1) is 31.5. The highest BCUT2D eigenvalue weighted by molar-refractivity contribution is 7.99. The Balaban J connectivity index is 1.71. The Labute approximate surface area is 268 Å². The van der Waals surface area contributed by atoms with Crippen LogP contribution in [-0.4, -0.2) is 23.1 Å². The molecule has 1 aliphatic rings. The van der Waals surface area contributed by atoms with Crippen LogP contribution >= 0.6 is 23.5 Å². The first-order valence-electron chi connectivity index (χ1n) is 15.2. The molecule has 0 atom stereocenters. The Bertz CT molecular complexity index is 1700. The number of carbonyl (C=O) groups excluding carboxylic acids is 2. The van der Waals surface area contributed by atoms with E-state index in [1.165, 1.54) is 0 Å². The Hall–Kier alpha value is -3.88. The molecule has 228 valence electrons. The van der Waals surface area contributed by atoms with E-state index in [1.807, 2.05) is 74.5 Å². The van der Waals surface area contributed by atoms with Crippen molar-refractivity contribution in [2.24, 2.45) is 0 Å². The Morgan fingerprint density at radius 2 is 1.16 bits per heavy atom. The van der Waals surface area contributed by atoms with E-state index in [9.17, 15) is 9.59 Å². The van der Waals surface area contributed by atoms with Gasteiger partial charge in [-0.05, 0) is 74.6 Å². The lowest BCUT2D eigenvalue weighted by Crippen LogP contribution is -2.26. The summed E-state index contributed by atoms with van der Waals surface area (Å²) in [5.74, 6) is 1.11. The van der Waals surface area contributed by atoms with E-state index < -0.39 is 0 Å². The van der Waals surface area contributed by atoms with Gasteiger partial charge in [0.2, 0.25) is 0 Å². The molecular formula is C36H40N4O2S2. The predicted octanol–water partition coefficient (Wildman–Crippen LogP) is 9.51. The normalized spacial score (nSPS) is 12.2. The SMILES string of the molecule is CCCCSc1cc(Nc2ccc(C)cc2)c2c(c1N)C(=O)c1c(Nc3ccc(C)cc3)c(SCCCC)cc(N)c1C2=O. The van der Waals surface area contributed by atoms with E-state index in [2.05, 4.69) is 24.5 Å². The molecule has 4 aromatic rings. The number of thioether (sulfide) groups is 2. The van der Waals surface area contributed by atoms with Crippen LogP contribution in [0.4, 0.5) is 34.1 Å². The second-order valence-corrected chi connectivity index (χ2v) is 13.5. The van der Waals surface area contributed by atoms with Crippen LogP contribution in [0.3, 0.4) is 0 Å². The summed E-state index contributed by atoms with van der Waals surface area (Å²) < 4.78 is 0. The van der Waals surface area contributed by atoms with Gasteiger partial charge < -0.3 is 22.1 Å². The molecule has 0 bridgehead atoms. The molecule has 1 aliphatic carbocycles. The van der Waals surface area contributed by atoms with Crippen molar-refractivity contribution in [3.05, 3.63) is 94.0 Å². The minimum atomic E-state index is -0.310. The zero-order valence-electron chi connectivity index (χ0n) is 25.8. The monoisotopic (exact) mass is 624 g/mol. The average Bonchev–Trinajstić information content (AvgIpc) is 3.00. The molecule has 0 saturated carbocycles. The van der Waals surface area contributed by atoms with E-state index in [0.29, 0.717) is 22.7 Å². The van der Waals surface area contributed by atoms with Crippen molar-refractivity contribution in [1.82, 2.24) is 0 Å². The van der Waals surface area contributed by atoms with Gasteiger partial charge in [0.15, 0.2) is 11.6 Å². The number of aryl methyl sites for hydroxylation is 2. The molecule has 0 spiro atoms. The summed E-state index contributed by atoms with van der Waals surface area (Å²) in [6.07, 6.45) is 4.12. The summed E-state index contributed by atoms with van der Waals surface area (Å²) in [5, 5.41) is 6.91. The topological polar surface area (TPSA) is 110 Å². The second kappa shape index (κ2) is 13.8. The molecule has 5 rings (SSSR count). The maximum Gasteiger partial charge on any atom is 0.198 e. The van der Waals surface area contributed by atoms with Gasteiger partial charge >= 0.3 is 0 Å². The number of ketones is 2. The van der Waals surface area contributed by atoms with E-state index >= 15 is 0 Å². The number of nitrogen functional groups attached to an aromatic ring is 2. The highest BCUT2D eigenvalue weighted by Gasteiger charge is 2.39. The first-order valence-corrected chi connectivity index (χ1v) is 17.2. The average molecular weight is 625 g/mol. The third kappa shape index (κ3) is 6.47. The van der Waals surface area contributed by atoms with Crippen LogP contribution in [0.15, 0.2) is 70.5 Å². The quantitative estimate of drug-likeness (QED) is 0.0617.